The first-order valence-electron chi connectivity index (χ1n) is 8.29. The Morgan fingerprint density at radius 1 is 1.04 bits per heavy atom. The molecule has 0 saturated heterocycles. The minimum atomic E-state index is -0.225. The first-order valence-corrected chi connectivity index (χ1v) is 9.16. The van der Waals surface area contributed by atoms with Gasteiger partial charge >= 0.3 is 0 Å². The summed E-state index contributed by atoms with van der Waals surface area (Å²) in [6.45, 7) is 0.473. The molecule has 0 fully saturated rings. The highest BCUT2D eigenvalue weighted by atomic mass is 32.1. The van der Waals surface area contributed by atoms with Crippen molar-refractivity contribution < 1.29 is 4.79 Å². The minimum absolute atomic E-state index is 0.0536. The fraction of sp³-hybridized carbons (Fsp3) is 0.100. The predicted molar refractivity (Wildman–Crippen MR) is 104 cm³/mol. The Bertz CT molecular complexity index is 1080. The molecule has 0 spiro atoms. The first-order chi connectivity index (χ1) is 12.7. The average Bonchev–Trinajstić information content (AvgIpc) is 3.33. The summed E-state index contributed by atoms with van der Waals surface area (Å²) in [5.41, 5.74) is 2.45. The number of aromatic amines is 2. The van der Waals surface area contributed by atoms with Gasteiger partial charge in [0.25, 0.3) is 5.91 Å². The molecule has 26 heavy (non-hydrogen) atoms. The number of amides is 1. The maximum atomic E-state index is 12.4. The van der Waals surface area contributed by atoms with Gasteiger partial charge in [-0.05, 0) is 29.1 Å². The zero-order chi connectivity index (χ0) is 17.9. The Hall–Kier alpha value is -3.12. The second-order valence-corrected chi connectivity index (χ2v) is 6.99. The molecule has 5 nitrogen and oxygen atoms in total. The zero-order valence-electron chi connectivity index (χ0n) is 13.9. The van der Waals surface area contributed by atoms with Crippen LogP contribution in [0, 0.1) is 0 Å². The van der Waals surface area contributed by atoms with E-state index >= 15 is 0 Å². The van der Waals surface area contributed by atoms with E-state index in [1.165, 1.54) is 23.2 Å². The Labute approximate surface area is 153 Å². The number of aromatic nitrogens is 2. The molecule has 6 heteroatoms. The number of benzene rings is 1. The summed E-state index contributed by atoms with van der Waals surface area (Å²) >= 11 is 1.67. The van der Waals surface area contributed by atoms with E-state index in [4.69, 9.17) is 0 Å². The number of carbonyl (C=O) groups is 1. The van der Waals surface area contributed by atoms with Crippen molar-refractivity contribution in [3.8, 4) is 0 Å². The molecule has 1 amide bonds. The molecule has 0 saturated carbocycles. The second kappa shape index (κ2) is 7.01. The SMILES string of the molecule is O=C(NC[C@@H](c1cccs1)c1c[nH]c2ccccc12)c1ccc(=O)[nH]c1. The molecule has 0 aliphatic rings. The fourth-order valence-electron chi connectivity index (χ4n) is 3.08. The van der Waals surface area contributed by atoms with Crippen LogP contribution in [0.25, 0.3) is 10.9 Å². The largest absolute Gasteiger partial charge is 0.361 e. The number of carbonyl (C=O) groups excluding carboxylic acids is 1. The third kappa shape index (κ3) is 3.19. The van der Waals surface area contributed by atoms with Crippen molar-refractivity contribution in [2.24, 2.45) is 0 Å². The van der Waals surface area contributed by atoms with Crippen LogP contribution in [0.3, 0.4) is 0 Å². The topological polar surface area (TPSA) is 77.8 Å². The molecule has 0 radical (unpaired) electrons. The maximum Gasteiger partial charge on any atom is 0.252 e. The van der Waals surface area contributed by atoms with E-state index in [0.29, 0.717) is 12.1 Å². The van der Waals surface area contributed by atoms with Crippen LogP contribution >= 0.6 is 11.3 Å². The highest BCUT2D eigenvalue weighted by Crippen LogP contribution is 2.32. The summed E-state index contributed by atoms with van der Waals surface area (Å²) in [7, 11) is 0. The second-order valence-electron chi connectivity index (χ2n) is 6.01. The lowest BCUT2D eigenvalue weighted by Crippen LogP contribution is -2.29. The van der Waals surface area contributed by atoms with Crippen LogP contribution in [0.4, 0.5) is 0 Å². The van der Waals surface area contributed by atoms with Crippen LogP contribution in [0.1, 0.15) is 26.7 Å². The zero-order valence-corrected chi connectivity index (χ0v) is 14.7. The van der Waals surface area contributed by atoms with Crippen molar-refractivity contribution in [2.45, 2.75) is 5.92 Å². The summed E-state index contributed by atoms with van der Waals surface area (Å²) in [5, 5.41) is 6.19. The van der Waals surface area contributed by atoms with Gasteiger partial charge in [0.05, 0.1) is 5.56 Å². The van der Waals surface area contributed by atoms with Gasteiger partial charge in [-0.2, -0.15) is 0 Å². The molecule has 0 unspecified atom stereocenters. The molecule has 130 valence electrons. The van der Waals surface area contributed by atoms with Crippen molar-refractivity contribution in [1.82, 2.24) is 15.3 Å². The van der Waals surface area contributed by atoms with Crippen molar-refractivity contribution >= 4 is 28.1 Å². The van der Waals surface area contributed by atoms with Crippen LogP contribution in [-0.2, 0) is 0 Å². The molecule has 1 atom stereocenters. The number of nitrogens with one attached hydrogen (secondary N) is 3. The predicted octanol–water partition coefficient (Wildman–Crippen LogP) is 3.48. The molecular formula is C20H17N3O2S. The van der Waals surface area contributed by atoms with Gasteiger partial charge in [-0.1, -0.05) is 24.3 Å². The summed E-state index contributed by atoms with van der Waals surface area (Å²) in [4.78, 5) is 30.6. The number of pyridine rings is 1. The normalized spacial score (nSPS) is 12.2. The molecule has 3 heterocycles. The lowest BCUT2D eigenvalue weighted by Gasteiger charge is -2.16. The van der Waals surface area contributed by atoms with Crippen molar-refractivity contribution in [3.05, 3.63) is 92.7 Å². The van der Waals surface area contributed by atoms with E-state index in [0.717, 1.165) is 16.5 Å². The van der Waals surface area contributed by atoms with Crippen LogP contribution in [0.2, 0.25) is 0 Å². The van der Waals surface area contributed by atoms with Crippen molar-refractivity contribution in [3.63, 3.8) is 0 Å². The van der Waals surface area contributed by atoms with E-state index in [2.05, 4.69) is 27.4 Å². The van der Waals surface area contributed by atoms with E-state index in [1.807, 2.05) is 35.8 Å². The van der Waals surface area contributed by atoms with Gasteiger partial charge in [0.2, 0.25) is 5.56 Å². The van der Waals surface area contributed by atoms with E-state index in [-0.39, 0.29) is 17.4 Å². The fourth-order valence-corrected chi connectivity index (χ4v) is 3.93. The molecule has 4 aromatic rings. The standard InChI is InChI=1S/C20H17N3O2S/c24-19-8-7-13(10-22-19)20(25)23-12-16(18-6-3-9-26-18)15-11-21-17-5-2-1-4-14(15)17/h1-11,16,21H,12H2,(H,22,24)(H,23,25)/t16-/m1/s1. The smallest absolute Gasteiger partial charge is 0.252 e. The summed E-state index contributed by atoms with van der Waals surface area (Å²) < 4.78 is 0. The van der Waals surface area contributed by atoms with E-state index in [9.17, 15) is 9.59 Å². The molecule has 4 rings (SSSR count). The van der Waals surface area contributed by atoms with Gasteiger partial charge in [-0.15, -0.1) is 11.3 Å². The van der Waals surface area contributed by atoms with Gasteiger partial charge < -0.3 is 15.3 Å². The number of H-pyrrole nitrogens is 2. The lowest BCUT2D eigenvalue weighted by atomic mass is 9.96. The Morgan fingerprint density at radius 2 is 1.92 bits per heavy atom. The van der Waals surface area contributed by atoms with Crippen LogP contribution in [-0.4, -0.2) is 22.4 Å². The Morgan fingerprint density at radius 3 is 2.69 bits per heavy atom. The first kappa shape index (κ1) is 16.4. The number of thiophene rings is 1. The summed E-state index contributed by atoms with van der Waals surface area (Å²) in [6.07, 6.45) is 3.45. The third-order valence-electron chi connectivity index (χ3n) is 4.40. The van der Waals surface area contributed by atoms with E-state index in [1.54, 1.807) is 11.3 Å². The number of hydrogen-bond donors (Lipinski definition) is 3. The average molecular weight is 363 g/mol. The van der Waals surface area contributed by atoms with Gasteiger partial charge in [0, 0.05) is 46.7 Å². The van der Waals surface area contributed by atoms with Gasteiger partial charge in [0.15, 0.2) is 0 Å². The molecule has 0 aliphatic carbocycles. The minimum Gasteiger partial charge on any atom is -0.361 e. The molecule has 0 aliphatic heterocycles. The van der Waals surface area contributed by atoms with E-state index < -0.39 is 0 Å². The Balaban J connectivity index is 1.61. The third-order valence-corrected chi connectivity index (χ3v) is 5.38. The summed E-state index contributed by atoms with van der Waals surface area (Å²) in [5.74, 6) is -0.152. The maximum absolute atomic E-state index is 12.4. The molecule has 1 aromatic carbocycles. The molecule has 3 N–H and O–H groups in total. The number of fused-ring (bicyclic) bond motifs is 1. The molecule has 0 bridgehead atoms. The van der Waals surface area contributed by atoms with Gasteiger partial charge in [-0.25, -0.2) is 0 Å². The monoisotopic (exact) mass is 363 g/mol. The number of hydrogen-bond acceptors (Lipinski definition) is 3. The van der Waals surface area contributed by atoms with Crippen LogP contribution in [0.15, 0.2) is 71.1 Å². The number of rotatable bonds is 5. The quantitative estimate of drug-likeness (QED) is 0.508. The lowest BCUT2D eigenvalue weighted by molar-refractivity contribution is 0.0952. The molecule has 3 aromatic heterocycles. The Kier molecular flexibility index (Phi) is 4.41. The van der Waals surface area contributed by atoms with Crippen LogP contribution in [0.5, 0.6) is 0 Å². The van der Waals surface area contributed by atoms with Crippen LogP contribution < -0.4 is 10.9 Å². The highest BCUT2D eigenvalue weighted by molar-refractivity contribution is 7.10. The van der Waals surface area contributed by atoms with Gasteiger partial charge in [0.1, 0.15) is 0 Å². The van der Waals surface area contributed by atoms with Crippen molar-refractivity contribution in [2.75, 3.05) is 6.54 Å². The molecular weight excluding hydrogens is 346 g/mol. The van der Waals surface area contributed by atoms with Gasteiger partial charge in [-0.3, -0.25) is 9.59 Å². The van der Waals surface area contributed by atoms with Crippen molar-refractivity contribution in [1.29, 1.82) is 0 Å². The number of para-hydroxylation sites is 1. The summed E-state index contributed by atoms with van der Waals surface area (Å²) in [6, 6.07) is 15.1. The highest BCUT2D eigenvalue weighted by Gasteiger charge is 2.20.